The monoisotopic (exact) mass is 516 g/mol. The molecule has 5 nitrogen and oxygen atoms in total. The Labute approximate surface area is 216 Å². The number of hydrogen-bond donors (Lipinski definition) is 1. The van der Waals surface area contributed by atoms with Gasteiger partial charge in [-0.15, -0.1) is 0 Å². The lowest BCUT2D eigenvalue weighted by molar-refractivity contribution is -0.258. The number of alkyl halides is 3. The van der Waals surface area contributed by atoms with Gasteiger partial charge in [0.25, 0.3) is 5.91 Å². The molecular weight excluding hydrogens is 481 g/mol. The van der Waals surface area contributed by atoms with Gasteiger partial charge in [0.15, 0.2) is 0 Å². The van der Waals surface area contributed by atoms with Crippen molar-refractivity contribution in [3.05, 3.63) is 54.1 Å². The molecule has 0 bridgehead atoms. The molecule has 2 aromatic carbocycles. The first-order valence-corrected chi connectivity index (χ1v) is 13.4. The summed E-state index contributed by atoms with van der Waals surface area (Å²) in [5.74, 6) is 0.630. The van der Waals surface area contributed by atoms with E-state index in [-0.39, 0.29) is 31.3 Å². The molecule has 0 spiro atoms. The molecule has 37 heavy (non-hydrogen) atoms. The summed E-state index contributed by atoms with van der Waals surface area (Å²) in [5.41, 5.74) is 1.02. The number of hydrogen-bond acceptors (Lipinski definition) is 4. The Morgan fingerprint density at radius 3 is 2.19 bits per heavy atom. The average molecular weight is 517 g/mol. The molecule has 2 atom stereocenters. The van der Waals surface area contributed by atoms with Crippen LogP contribution in [0.2, 0.25) is 0 Å². The van der Waals surface area contributed by atoms with Crippen LogP contribution in [0.25, 0.3) is 11.1 Å². The lowest BCUT2D eigenvalue weighted by Crippen LogP contribution is -2.56. The summed E-state index contributed by atoms with van der Waals surface area (Å²) in [5, 5.41) is 9.67. The Hall–Kier alpha value is -2.58. The summed E-state index contributed by atoms with van der Waals surface area (Å²) < 4.78 is 47.2. The van der Waals surface area contributed by atoms with Gasteiger partial charge in [-0.05, 0) is 74.0 Å². The summed E-state index contributed by atoms with van der Waals surface area (Å²) in [4.78, 5) is 16.3. The van der Waals surface area contributed by atoms with Crippen molar-refractivity contribution >= 4 is 5.91 Å². The minimum atomic E-state index is -4.15. The highest BCUT2D eigenvalue weighted by atomic mass is 19.4. The van der Waals surface area contributed by atoms with Gasteiger partial charge in [-0.1, -0.05) is 37.1 Å². The topological polar surface area (TPSA) is 53.0 Å². The molecule has 1 N–H and O–H groups in total. The standard InChI is InChI=1S/C29H35F3N2O3/c30-29(31,32)28(14-3-15-28)20-34-16-2-1-4-24(34)19-37-26-11-9-22(10-12-26)21-5-7-23(8-6-21)27(36)33-17-13-25(35)18-33/h5-12,24-25,35H,1-4,13-20H2/t24-,25?/m1/s1. The summed E-state index contributed by atoms with van der Waals surface area (Å²) in [6.07, 6.45) is -0.0442. The van der Waals surface area contributed by atoms with Crippen LogP contribution in [-0.4, -0.2) is 71.9 Å². The smallest absolute Gasteiger partial charge is 0.395 e. The number of amides is 1. The van der Waals surface area contributed by atoms with Crippen LogP contribution < -0.4 is 4.74 Å². The molecule has 200 valence electrons. The zero-order chi connectivity index (χ0) is 26.0. The number of likely N-dealkylation sites (tertiary alicyclic amines) is 2. The van der Waals surface area contributed by atoms with Crippen LogP contribution in [0.4, 0.5) is 13.2 Å². The van der Waals surface area contributed by atoms with E-state index in [4.69, 9.17) is 4.74 Å². The molecule has 1 saturated carbocycles. The molecule has 3 aliphatic rings. The van der Waals surface area contributed by atoms with E-state index in [1.165, 1.54) is 0 Å². The minimum absolute atomic E-state index is 0.00458. The van der Waals surface area contributed by atoms with Gasteiger partial charge in [0.2, 0.25) is 0 Å². The molecule has 2 aliphatic heterocycles. The molecule has 1 aliphatic carbocycles. The molecule has 0 aromatic heterocycles. The number of β-amino-alcohol motifs (C(OH)–C–C–N with tert-alkyl or cyclic N) is 1. The van der Waals surface area contributed by atoms with Gasteiger partial charge in [-0.25, -0.2) is 0 Å². The summed E-state index contributed by atoms with van der Waals surface area (Å²) in [7, 11) is 0. The molecule has 2 heterocycles. The third-order valence-electron chi connectivity index (χ3n) is 8.38. The summed E-state index contributed by atoms with van der Waals surface area (Å²) in [6, 6.07) is 15.1. The van der Waals surface area contributed by atoms with Gasteiger partial charge in [0.1, 0.15) is 12.4 Å². The predicted molar refractivity (Wildman–Crippen MR) is 135 cm³/mol. The summed E-state index contributed by atoms with van der Waals surface area (Å²) >= 11 is 0. The molecule has 0 radical (unpaired) electrons. The van der Waals surface area contributed by atoms with E-state index in [0.717, 1.165) is 30.4 Å². The number of piperidine rings is 1. The third kappa shape index (κ3) is 5.65. The number of nitrogens with zero attached hydrogens (tertiary/aromatic N) is 2. The van der Waals surface area contributed by atoms with Gasteiger partial charge in [0.05, 0.1) is 11.5 Å². The maximum atomic E-state index is 13.7. The van der Waals surface area contributed by atoms with Gasteiger partial charge in [-0.3, -0.25) is 9.69 Å². The van der Waals surface area contributed by atoms with Crippen molar-refractivity contribution in [2.45, 2.75) is 63.3 Å². The van der Waals surface area contributed by atoms with Crippen molar-refractivity contribution in [3.8, 4) is 16.9 Å². The minimum Gasteiger partial charge on any atom is -0.492 e. The fourth-order valence-electron chi connectivity index (χ4n) is 5.83. The van der Waals surface area contributed by atoms with E-state index in [1.54, 1.807) is 17.0 Å². The number of aliphatic hydroxyl groups excluding tert-OH is 1. The normalized spacial score (nSPS) is 24.1. The first kappa shape index (κ1) is 26.0. The average Bonchev–Trinajstić information content (AvgIpc) is 3.31. The fourth-order valence-corrected chi connectivity index (χ4v) is 5.83. The van der Waals surface area contributed by atoms with Gasteiger partial charge >= 0.3 is 6.18 Å². The molecule has 1 amide bonds. The highest BCUT2D eigenvalue weighted by Crippen LogP contribution is 2.53. The highest BCUT2D eigenvalue weighted by molar-refractivity contribution is 5.95. The van der Waals surface area contributed by atoms with Crippen LogP contribution in [0.15, 0.2) is 48.5 Å². The van der Waals surface area contributed by atoms with E-state index < -0.39 is 17.7 Å². The van der Waals surface area contributed by atoms with Crippen LogP contribution in [0.3, 0.4) is 0 Å². The quantitative estimate of drug-likeness (QED) is 0.526. The Kier molecular flexibility index (Phi) is 7.50. The third-order valence-corrected chi connectivity index (χ3v) is 8.38. The van der Waals surface area contributed by atoms with Gasteiger partial charge in [0, 0.05) is 31.2 Å². The first-order chi connectivity index (χ1) is 17.7. The van der Waals surface area contributed by atoms with Crippen LogP contribution in [-0.2, 0) is 0 Å². The number of halogens is 3. The molecule has 5 rings (SSSR count). The van der Waals surface area contributed by atoms with E-state index in [1.807, 2.05) is 41.3 Å². The maximum Gasteiger partial charge on any atom is 0.395 e. The van der Waals surface area contributed by atoms with Crippen LogP contribution >= 0.6 is 0 Å². The first-order valence-electron chi connectivity index (χ1n) is 13.4. The fraction of sp³-hybridized carbons (Fsp3) is 0.552. The Morgan fingerprint density at radius 1 is 0.946 bits per heavy atom. The SMILES string of the molecule is O=C(c1ccc(-c2ccc(OC[C@H]3CCCCN3CC3(C(F)(F)F)CCC3)cc2)cc1)N1CCC(O)C1. The Bertz CT molecular complexity index is 1070. The number of benzene rings is 2. The zero-order valence-corrected chi connectivity index (χ0v) is 21.1. The van der Waals surface area contributed by atoms with E-state index >= 15 is 0 Å². The van der Waals surface area contributed by atoms with Gasteiger partial charge in [-0.2, -0.15) is 13.2 Å². The Balaban J connectivity index is 1.17. The number of carbonyl (C=O) groups is 1. The molecule has 3 fully saturated rings. The largest absolute Gasteiger partial charge is 0.492 e. The molecule has 2 aromatic rings. The lowest BCUT2D eigenvalue weighted by atomic mass is 9.67. The molecule has 2 saturated heterocycles. The van der Waals surface area contributed by atoms with Crippen molar-refractivity contribution in [2.75, 3.05) is 32.8 Å². The van der Waals surface area contributed by atoms with Crippen LogP contribution in [0.5, 0.6) is 5.75 Å². The zero-order valence-electron chi connectivity index (χ0n) is 21.1. The Morgan fingerprint density at radius 2 is 1.62 bits per heavy atom. The highest BCUT2D eigenvalue weighted by Gasteiger charge is 2.59. The van der Waals surface area contributed by atoms with Crippen molar-refractivity contribution in [2.24, 2.45) is 5.41 Å². The maximum absolute atomic E-state index is 13.7. The molecular formula is C29H35F3N2O3. The van der Waals surface area contributed by atoms with Crippen molar-refractivity contribution in [1.82, 2.24) is 9.80 Å². The van der Waals surface area contributed by atoms with Crippen molar-refractivity contribution < 1.29 is 27.8 Å². The molecule has 1 unspecified atom stereocenters. The van der Waals surface area contributed by atoms with Crippen LogP contribution in [0, 0.1) is 5.41 Å². The summed E-state index contributed by atoms with van der Waals surface area (Å²) in [6.45, 7) is 2.12. The van der Waals surface area contributed by atoms with Crippen molar-refractivity contribution in [3.63, 3.8) is 0 Å². The number of rotatable bonds is 7. The second-order valence-electron chi connectivity index (χ2n) is 10.9. The van der Waals surface area contributed by atoms with Gasteiger partial charge < -0.3 is 14.7 Å². The number of ether oxygens (including phenoxy) is 1. The number of carbonyl (C=O) groups excluding carboxylic acids is 1. The van der Waals surface area contributed by atoms with Crippen LogP contribution in [0.1, 0.15) is 55.3 Å². The lowest BCUT2D eigenvalue weighted by Gasteiger charge is -2.48. The van der Waals surface area contributed by atoms with E-state index in [9.17, 15) is 23.1 Å². The van der Waals surface area contributed by atoms with E-state index in [2.05, 4.69) is 0 Å². The predicted octanol–water partition coefficient (Wildman–Crippen LogP) is 5.53. The number of aliphatic hydroxyl groups is 1. The van der Waals surface area contributed by atoms with E-state index in [0.29, 0.717) is 50.4 Å². The van der Waals surface area contributed by atoms with Crippen molar-refractivity contribution in [1.29, 1.82) is 0 Å². The molecule has 8 heteroatoms. The second kappa shape index (κ2) is 10.7. The second-order valence-corrected chi connectivity index (χ2v) is 10.9.